The summed E-state index contributed by atoms with van der Waals surface area (Å²) < 4.78 is 2.20. The van der Waals surface area contributed by atoms with Gasteiger partial charge >= 0.3 is 0 Å². The van der Waals surface area contributed by atoms with E-state index in [0.717, 1.165) is 11.1 Å². The molecule has 4 nitrogen and oxygen atoms in total. The molecule has 1 aromatic carbocycles. The van der Waals surface area contributed by atoms with Crippen LogP contribution in [0.5, 0.6) is 0 Å². The van der Waals surface area contributed by atoms with Gasteiger partial charge < -0.3 is 5.73 Å². The van der Waals surface area contributed by atoms with Gasteiger partial charge in [0.25, 0.3) is 5.56 Å². The lowest BCUT2D eigenvalue weighted by molar-refractivity contribution is 0.750. The molecule has 0 aliphatic carbocycles. The highest BCUT2D eigenvalue weighted by molar-refractivity contribution is 7.17. The third-order valence-electron chi connectivity index (χ3n) is 2.85. The monoisotopic (exact) mass is 291 g/mol. The van der Waals surface area contributed by atoms with E-state index >= 15 is 0 Å². The normalized spacial score (nSPS) is 11.0. The number of nitrogens with zero attached hydrogens (tertiary/aromatic N) is 2. The number of fused-ring (bicyclic) bond motifs is 1. The van der Waals surface area contributed by atoms with Crippen molar-refractivity contribution in [2.75, 3.05) is 5.73 Å². The molecule has 0 aliphatic heterocycles. The van der Waals surface area contributed by atoms with Crippen LogP contribution >= 0.6 is 22.9 Å². The number of thiophene rings is 1. The maximum Gasteiger partial charge on any atom is 0.271 e. The Hall–Kier alpha value is -1.85. The number of nitrogen functional groups attached to an aromatic ring is 1. The lowest BCUT2D eigenvalue weighted by Gasteiger charge is -2.08. The Morgan fingerprint density at radius 1 is 1.37 bits per heavy atom. The number of nitrogens with two attached hydrogens (primary N) is 1. The first-order valence-electron chi connectivity index (χ1n) is 5.62. The maximum atomic E-state index is 12.2. The Labute approximate surface area is 118 Å². The van der Waals surface area contributed by atoms with Gasteiger partial charge in [-0.2, -0.15) is 0 Å². The van der Waals surface area contributed by atoms with Crippen LogP contribution in [0.15, 0.2) is 40.8 Å². The minimum atomic E-state index is -0.0570. The van der Waals surface area contributed by atoms with Gasteiger partial charge in [-0.15, -0.1) is 11.3 Å². The van der Waals surface area contributed by atoms with Crippen molar-refractivity contribution < 1.29 is 0 Å². The van der Waals surface area contributed by atoms with Crippen molar-refractivity contribution in [1.82, 2.24) is 9.55 Å². The largest absolute Gasteiger partial charge is 0.399 e. The first-order valence-corrected chi connectivity index (χ1v) is 6.87. The molecule has 2 heterocycles. The smallest absolute Gasteiger partial charge is 0.271 e. The van der Waals surface area contributed by atoms with Crippen LogP contribution in [0.4, 0.5) is 5.69 Å². The summed E-state index contributed by atoms with van der Waals surface area (Å²) in [7, 11) is 0. The predicted molar refractivity (Wildman–Crippen MR) is 78.8 cm³/mol. The van der Waals surface area contributed by atoms with E-state index in [0.29, 0.717) is 22.0 Å². The fraction of sp³-hybridized carbons (Fsp3) is 0.0769. The van der Waals surface area contributed by atoms with Gasteiger partial charge in [-0.25, -0.2) is 4.98 Å². The average Bonchev–Trinajstić information content (AvgIpc) is 2.86. The van der Waals surface area contributed by atoms with E-state index in [1.54, 1.807) is 22.8 Å². The standard InChI is InChI=1S/C13H10ClN3OS/c14-10-2-1-9(15)5-8(10)6-17-7-16-11-3-4-19-12(11)13(17)18/h1-5,7H,6,15H2. The Balaban J connectivity index is 2.08. The molecule has 0 radical (unpaired) electrons. The second-order valence-corrected chi connectivity index (χ2v) is 5.49. The van der Waals surface area contributed by atoms with Crippen LogP contribution in [0.2, 0.25) is 5.02 Å². The molecule has 19 heavy (non-hydrogen) atoms. The number of hydrogen-bond acceptors (Lipinski definition) is 4. The van der Waals surface area contributed by atoms with Gasteiger partial charge in [0.2, 0.25) is 0 Å². The number of rotatable bonds is 2. The minimum Gasteiger partial charge on any atom is -0.399 e. The van der Waals surface area contributed by atoms with Crippen LogP contribution in [0.3, 0.4) is 0 Å². The van der Waals surface area contributed by atoms with Crippen molar-refractivity contribution in [2.24, 2.45) is 0 Å². The van der Waals surface area contributed by atoms with E-state index in [1.165, 1.54) is 17.7 Å². The average molecular weight is 292 g/mol. The third kappa shape index (κ3) is 2.22. The summed E-state index contributed by atoms with van der Waals surface area (Å²) in [6.07, 6.45) is 1.54. The molecule has 2 N–H and O–H groups in total. The number of halogens is 1. The van der Waals surface area contributed by atoms with E-state index in [-0.39, 0.29) is 5.56 Å². The van der Waals surface area contributed by atoms with Gasteiger partial charge in [-0.1, -0.05) is 11.6 Å². The predicted octanol–water partition coefficient (Wildman–Crippen LogP) is 2.74. The van der Waals surface area contributed by atoms with Crippen molar-refractivity contribution in [3.63, 3.8) is 0 Å². The molecule has 0 unspecified atom stereocenters. The zero-order valence-electron chi connectivity index (χ0n) is 9.84. The highest BCUT2D eigenvalue weighted by atomic mass is 35.5. The lowest BCUT2D eigenvalue weighted by atomic mass is 10.2. The zero-order valence-corrected chi connectivity index (χ0v) is 11.4. The van der Waals surface area contributed by atoms with Crippen LogP contribution in [0.25, 0.3) is 10.2 Å². The van der Waals surface area contributed by atoms with Crippen molar-refractivity contribution in [2.45, 2.75) is 6.54 Å². The molecule has 2 aromatic heterocycles. The number of aromatic nitrogens is 2. The van der Waals surface area contributed by atoms with Gasteiger partial charge in [-0.05, 0) is 35.2 Å². The van der Waals surface area contributed by atoms with Crippen LogP contribution in [0.1, 0.15) is 5.56 Å². The molecule has 0 fully saturated rings. The van der Waals surface area contributed by atoms with Crippen molar-refractivity contribution in [3.05, 3.63) is 56.9 Å². The molecular weight excluding hydrogens is 282 g/mol. The van der Waals surface area contributed by atoms with Crippen LogP contribution in [-0.2, 0) is 6.54 Å². The Kier molecular flexibility index (Phi) is 3.00. The van der Waals surface area contributed by atoms with Crippen molar-refractivity contribution >= 4 is 38.8 Å². The van der Waals surface area contributed by atoms with E-state index in [9.17, 15) is 4.79 Å². The molecule has 0 aliphatic rings. The topological polar surface area (TPSA) is 60.9 Å². The van der Waals surface area contributed by atoms with Gasteiger partial charge in [0, 0.05) is 10.7 Å². The minimum absolute atomic E-state index is 0.0570. The van der Waals surface area contributed by atoms with Gasteiger partial charge in [0.15, 0.2) is 0 Å². The second kappa shape index (κ2) is 4.68. The lowest BCUT2D eigenvalue weighted by Crippen LogP contribution is -2.20. The summed E-state index contributed by atoms with van der Waals surface area (Å²) >= 11 is 7.50. The quantitative estimate of drug-likeness (QED) is 0.739. The van der Waals surface area contributed by atoms with Crippen molar-refractivity contribution in [1.29, 1.82) is 0 Å². The van der Waals surface area contributed by atoms with E-state index in [1.807, 2.05) is 11.4 Å². The molecule has 0 spiro atoms. The highest BCUT2D eigenvalue weighted by Gasteiger charge is 2.07. The fourth-order valence-electron chi connectivity index (χ4n) is 1.89. The summed E-state index contributed by atoms with van der Waals surface area (Å²) in [5.74, 6) is 0. The summed E-state index contributed by atoms with van der Waals surface area (Å²) in [4.78, 5) is 16.5. The number of anilines is 1. The summed E-state index contributed by atoms with van der Waals surface area (Å²) in [6, 6.07) is 7.07. The molecule has 96 valence electrons. The molecular formula is C13H10ClN3OS. The molecule has 0 bridgehead atoms. The molecule has 0 amide bonds. The fourth-order valence-corrected chi connectivity index (χ4v) is 2.86. The molecule has 0 saturated heterocycles. The SMILES string of the molecule is Nc1ccc(Cl)c(Cn2cnc3ccsc3c2=O)c1. The molecule has 6 heteroatoms. The van der Waals surface area contributed by atoms with Gasteiger partial charge in [0.05, 0.1) is 18.4 Å². The van der Waals surface area contributed by atoms with Gasteiger partial charge in [0.1, 0.15) is 4.70 Å². The third-order valence-corrected chi connectivity index (χ3v) is 4.11. The summed E-state index contributed by atoms with van der Waals surface area (Å²) in [6.45, 7) is 0.365. The maximum absolute atomic E-state index is 12.2. The Bertz CT molecular complexity index is 809. The molecule has 0 atom stereocenters. The Morgan fingerprint density at radius 2 is 2.21 bits per heavy atom. The molecule has 3 aromatic rings. The summed E-state index contributed by atoms with van der Waals surface area (Å²) in [5, 5.41) is 2.45. The van der Waals surface area contributed by atoms with E-state index in [4.69, 9.17) is 17.3 Å². The van der Waals surface area contributed by atoms with E-state index in [2.05, 4.69) is 4.98 Å². The van der Waals surface area contributed by atoms with E-state index < -0.39 is 0 Å². The number of hydrogen-bond donors (Lipinski definition) is 1. The first kappa shape index (κ1) is 12.2. The van der Waals surface area contributed by atoms with Crippen LogP contribution in [0, 0.1) is 0 Å². The molecule has 0 saturated carbocycles. The Morgan fingerprint density at radius 3 is 3.05 bits per heavy atom. The molecule has 3 rings (SSSR count). The van der Waals surface area contributed by atoms with Crippen LogP contribution in [-0.4, -0.2) is 9.55 Å². The van der Waals surface area contributed by atoms with Crippen molar-refractivity contribution in [3.8, 4) is 0 Å². The first-order chi connectivity index (χ1) is 9.15. The second-order valence-electron chi connectivity index (χ2n) is 4.16. The highest BCUT2D eigenvalue weighted by Crippen LogP contribution is 2.20. The summed E-state index contributed by atoms with van der Waals surface area (Å²) in [5.41, 5.74) is 7.83. The number of benzene rings is 1. The zero-order chi connectivity index (χ0) is 13.4. The van der Waals surface area contributed by atoms with Crippen LogP contribution < -0.4 is 11.3 Å². The van der Waals surface area contributed by atoms with Gasteiger partial charge in [-0.3, -0.25) is 9.36 Å².